The molecule has 0 unspecified atom stereocenters. The largest absolute Gasteiger partial charge is 0.427 e. The van der Waals surface area contributed by atoms with Crippen molar-refractivity contribution in [1.29, 1.82) is 0 Å². The highest BCUT2D eigenvalue weighted by atomic mass is 32.2. The average molecular weight is 231 g/mol. The summed E-state index contributed by atoms with van der Waals surface area (Å²) in [5.41, 5.74) is 0. The van der Waals surface area contributed by atoms with E-state index in [1.54, 1.807) is 0 Å². The van der Waals surface area contributed by atoms with Gasteiger partial charge >= 0.3 is 6.18 Å². The molecule has 0 saturated heterocycles. The second-order valence-electron chi connectivity index (χ2n) is 2.51. The van der Waals surface area contributed by atoms with E-state index >= 15 is 0 Å². The zero-order valence-corrected chi connectivity index (χ0v) is 8.74. The summed E-state index contributed by atoms with van der Waals surface area (Å²) in [5.74, 6) is 0. The molecular formula is C7H12F3NO2S. The first kappa shape index (κ1) is 13.4. The van der Waals surface area contributed by atoms with Crippen molar-refractivity contribution >= 4 is 10.0 Å². The summed E-state index contributed by atoms with van der Waals surface area (Å²) in [6, 6.07) is 0. The molecule has 3 nitrogen and oxygen atoms in total. The lowest BCUT2D eigenvalue weighted by molar-refractivity contribution is -0.0845. The fourth-order valence-corrected chi connectivity index (χ4v) is 2.15. The Labute approximate surface area is 81.3 Å². The summed E-state index contributed by atoms with van der Waals surface area (Å²) in [6.07, 6.45) is -4.90. The van der Waals surface area contributed by atoms with E-state index in [0.717, 1.165) is 0 Å². The number of hydrogen-bond acceptors (Lipinski definition) is 2. The third-order valence-corrected chi connectivity index (χ3v) is 3.72. The van der Waals surface area contributed by atoms with Gasteiger partial charge in [-0.25, -0.2) is 8.42 Å². The van der Waals surface area contributed by atoms with Crippen molar-refractivity contribution < 1.29 is 21.6 Å². The molecule has 0 N–H and O–H groups in total. The first-order chi connectivity index (χ1) is 6.17. The topological polar surface area (TPSA) is 37.4 Å². The maximum absolute atomic E-state index is 12.1. The summed E-state index contributed by atoms with van der Waals surface area (Å²) in [4.78, 5) is -1.71. The second kappa shape index (κ2) is 4.31. The zero-order valence-electron chi connectivity index (χ0n) is 7.93. The molecule has 0 fully saturated rings. The molecule has 0 atom stereocenters. The predicted octanol–water partition coefficient (Wildman–Crippen LogP) is 1.73. The van der Waals surface area contributed by atoms with Crippen molar-refractivity contribution in [2.45, 2.75) is 20.0 Å². The van der Waals surface area contributed by atoms with Crippen LogP contribution in [0.15, 0.2) is 11.5 Å². The molecule has 0 aliphatic heterocycles. The first-order valence-electron chi connectivity index (χ1n) is 3.94. The standard InChI is InChI=1S/C7H12F3NO2S/c1-4-11(5-2)14(12,13)6(3)7(8,9)10/h3-5H2,1-2H3. The quantitative estimate of drug-likeness (QED) is 0.739. The van der Waals surface area contributed by atoms with Gasteiger partial charge in [0, 0.05) is 13.1 Å². The molecule has 0 bridgehead atoms. The molecule has 0 aliphatic carbocycles. The van der Waals surface area contributed by atoms with Crippen LogP contribution in [0.5, 0.6) is 0 Å². The van der Waals surface area contributed by atoms with E-state index in [-0.39, 0.29) is 13.1 Å². The molecule has 7 heteroatoms. The molecule has 0 spiro atoms. The maximum atomic E-state index is 12.1. The number of alkyl halides is 3. The molecule has 0 rings (SSSR count). The number of rotatable bonds is 4. The van der Waals surface area contributed by atoms with Crippen molar-refractivity contribution in [1.82, 2.24) is 4.31 Å². The van der Waals surface area contributed by atoms with Crippen LogP contribution in [0.4, 0.5) is 13.2 Å². The number of sulfonamides is 1. The summed E-state index contributed by atoms with van der Waals surface area (Å²) in [6.45, 7) is 5.47. The minimum absolute atomic E-state index is 0.00602. The smallest absolute Gasteiger partial charge is 0.207 e. The third kappa shape index (κ3) is 2.71. The second-order valence-corrected chi connectivity index (χ2v) is 4.47. The molecule has 0 saturated carbocycles. The lowest BCUT2D eigenvalue weighted by Crippen LogP contribution is -2.35. The molecule has 14 heavy (non-hydrogen) atoms. The van der Waals surface area contributed by atoms with Gasteiger partial charge in [-0.05, 0) is 0 Å². The van der Waals surface area contributed by atoms with Gasteiger partial charge in [-0.2, -0.15) is 17.5 Å². The van der Waals surface area contributed by atoms with Crippen LogP contribution in [0.2, 0.25) is 0 Å². The predicted molar refractivity (Wildman–Crippen MR) is 47.0 cm³/mol. The highest BCUT2D eigenvalue weighted by molar-refractivity contribution is 7.93. The average Bonchev–Trinajstić information content (AvgIpc) is 2.03. The van der Waals surface area contributed by atoms with Crippen molar-refractivity contribution in [3.8, 4) is 0 Å². The summed E-state index contributed by atoms with van der Waals surface area (Å²) < 4.78 is 59.4. The number of allylic oxidation sites excluding steroid dienone is 1. The third-order valence-electron chi connectivity index (χ3n) is 1.67. The molecule has 0 radical (unpaired) electrons. The van der Waals surface area contributed by atoms with Crippen LogP contribution in [-0.2, 0) is 10.0 Å². The van der Waals surface area contributed by atoms with Crippen LogP contribution >= 0.6 is 0 Å². The van der Waals surface area contributed by atoms with E-state index < -0.39 is 21.1 Å². The first-order valence-corrected chi connectivity index (χ1v) is 5.38. The van der Waals surface area contributed by atoms with Gasteiger partial charge in [-0.3, -0.25) is 0 Å². The Bertz CT molecular complexity index is 303. The Kier molecular flexibility index (Phi) is 4.14. The van der Waals surface area contributed by atoms with Gasteiger partial charge in [0.25, 0.3) is 0 Å². The number of hydrogen-bond donors (Lipinski definition) is 0. The van der Waals surface area contributed by atoms with E-state index in [9.17, 15) is 21.6 Å². The fourth-order valence-electron chi connectivity index (χ4n) is 0.866. The molecule has 0 aromatic carbocycles. The van der Waals surface area contributed by atoms with Crippen LogP contribution < -0.4 is 0 Å². The molecule has 0 aromatic heterocycles. The molecule has 0 aromatic rings. The maximum Gasteiger partial charge on any atom is 0.427 e. The zero-order chi connectivity index (χ0) is 11.6. The normalized spacial score (nSPS) is 13.3. The number of nitrogens with zero attached hydrogens (tertiary/aromatic N) is 1. The lowest BCUT2D eigenvalue weighted by atomic mass is 10.6. The van der Waals surface area contributed by atoms with Crippen LogP contribution in [0, 0.1) is 0 Å². The molecule has 0 amide bonds. The van der Waals surface area contributed by atoms with E-state index in [1.165, 1.54) is 13.8 Å². The van der Waals surface area contributed by atoms with Crippen LogP contribution in [0.25, 0.3) is 0 Å². The lowest BCUT2D eigenvalue weighted by Gasteiger charge is -2.20. The van der Waals surface area contributed by atoms with E-state index in [2.05, 4.69) is 6.58 Å². The molecule has 0 aliphatic rings. The van der Waals surface area contributed by atoms with Crippen LogP contribution in [-0.4, -0.2) is 32.0 Å². The van der Waals surface area contributed by atoms with Gasteiger partial charge < -0.3 is 0 Å². The fraction of sp³-hybridized carbons (Fsp3) is 0.714. The SMILES string of the molecule is C=C(C(F)(F)F)S(=O)(=O)N(CC)CC. The van der Waals surface area contributed by atoms with E-state index in [0.29, 0.717) is 4.31 Å². The van der Waals surface area contributed by atoms with Crippen LogP contribution in [0.3, 0.4) is 0 Å². The highest BCUT2D eigenvalue weighted by Crippen LogP contribution is 2.30. The Hall–Kier alpha value is -0.560. The highest BCUT2D eigenvalue weighted by Gasteiger charge is 2.42. The Balaban J connectivity index is 5.08. The van der Waals surface area contributed by atoms with Gasteiger partial charge in [-0.15, -0.1) is 0 Å². The van der Waals surface area contributed by atoms with E-state index in [4.69, 9.17) is 0 Å². The molecule has 0 heterocycles. The Morgan fingerprint density at radius 3 is 1.86 bits per heavy atom. The molecule has 84 valence electrons. The van der Waals surface area contributed by atoms with Crippen molar-refractivity contribution in [2.24, 2.45) is 0 Å². The molecular weight excluding hydrogens is 219 g/mol. The summed E-state index contributed by atoms with van der Waals surface area (Å²) in [5, 5.41) is 0. The van der Waals surface area contributed by atoms with E-state index in [1.807, 2.05) is 0 Å². The van der Waals surface area contributed by atoms with Crippen molar-refractivity contribution in [3.63, 3.8) is 0 Å². The summed E-state index contributed by atoms with van der Waals surface area (Å²) in [7, 11) is -4.45. The Morgan fingerprint density at radius 2 is 1.64 bits per heavy atom. The minimum atomic E-state index is -4.90. The number of halogens is 3. The van der Waals surface area contributed by atoms with Crippen molar-refractivity contribution in [3.05, 3.63) is 11.5 Å². The van der Waals surface area contributed by atoms with Gasteiger partial charge in [0.15, 0.2) is 4.91 Å². The van der Waals surface area contributed by atoms with Gasteiger partial charge in [0.05, 0.1) is 0 Å². The van der Waals surface area contributed by atoms with Gasteiger partial charge in [-0.1, -0.05) is 20.4 Å². The van der Waals surface area contributed by atoms with Gasteiger partial charge in [0.1, 0.15) is 0 Å². The monoisotopic (exact) mass is 231 g/mol. The Morgan fingerprint density at radius 1 is 1.29 bits per heavy atom. The van der Waals surface area contributed by atoms with Gasteiger partial charge in [0.2, 0.25) is 10.0 Å². The minimum Gasteiger partial charge on any atom is -0.207 e. The summed E-state index contributed by atoms with van der Waals surface area (Å²) >= 11 is 0. The van der Waals surface area contributed by atoms with Crippen LogP contribution in [0.1, 0.15) is 13.8 Å². The van der Waals surface area contributed by atoms with Crippen molar-refractivity contribution in [2.75, 3.05) is 13.1 Å².